The summed E-state index contributed by atoms with van der Waals surface area (Å²) < 4.78 is 5.22. The molecule has 1 aliphatic carbocycles. The van der Waals surface area contributed by atoms with Gasteiger partial charge in [0, 0.05) is 12.3 Å². The lowest BCUT2D eigenvalue weighted by atomic mass is 9.89. The number of esters is 1. The number of ether oxygens (including phenoxy) is 1. The summed E-state index contributed by atoms with van der Waals surface area (Å²) >= 11 is 0. The monoisotopic (exact) mass is 497 g/mol. The SMILES string of the molecule is O=C(CNC(=O)C1CCCCC1)OCC(=O)N1N=C(c2ccc3ccccc3c2)C[C@H]1c1ccccc1. The van der Waals surface area contributed by atoms with E-state index in [1.165, 1.54) is 5.01 Å². The summed E-state index contributed by atoms with van der Waals surface area (Å²) in [7, 11) is 0. The Balaban J connectivity index is 1.25. The van der Waals surface area contributed by atoms with E-state index in [2.05, 4.69) is 34.7 Å². The molecule has 2 amide bonds. The number of amides is 2. The van der Waals surface area contributed by atoms with Gasteiger partial charge in [0.15, 0.2) is 6.61 Å². The van der Waals surface area contributed by atoms with Crippen LogP contribution in [0.1, 0.15) is 55.7 Å². The van der Waals surface area contributed by atoms with Crippen LogP contribution in [0.4, 0.5) is 0 Å². The largest absolute Gasteiger partial charge is 0.454 e. The third kappa shape index (κ3) is 5.88. The van der Waals surface area contributed by atoms with Gasteiger partial charge in [0.25, 0.3) is 5.91 Å². The van der Waals surface area contributed by atoms with Gasteiger partial charge in [0.1, 0.15) is 6.54 Å². The summed E-state index contributed by atoms with van der Waals surface area (Å²) in [6.07, 6.45) is 5.49. The molecule has 190 valence electrons. The molecule has 0 unspecified atom stereocenters. The Morgan fingerprint density at radius 1 is 0.892 bits per heavy atom. The van der Waals surface area contributed by atoms with Crippen molar-refractivity contribution in [1.82, 2.24) is 10.3 Å². The van der Waals surface area contributed by atoms with Crippen molar-refractivity contribution in [1.29, 1.82) is 0 Å². The molecule has 1 saturated carbocycles. The molecule has 0 radical (unpaired) electrons. The summed E-state index contributed by atoms with van der Waals surface area (Å²) in [4.78, 5) is 37.7. The van der Waals surface area contributed by atoms with E-state index in [-0.39, 0.29) is 24.4 Å². The molecule has 0 aromatic heterocycles. The van der Waals surface area contributed by atoms with Crippen molar-refractivity contribution >= 4 is 34.3 Å². The fourth-order valence-electron chi connectivity index (χ4n) is 5.15. The van der Waals surface area contributed by atoms with Crippen LogP contribution in [-0.2, 0) is 19.1 Å². The first kappa shape index (κ1) is 24.7. The third-order valence-electron chi connectivity index (χ3n) is 7.17. The van der Waals surface area contributed by atoms with E-state index in [1.807, 2.05) is 48.5 Å². The average molecular weight is 498 g/mol. The molecule has 0 bridgehead atoms. The predicted octanol–water partition coefficient (Wildman–Crippen LogP) is 4.76. The van der Waals surface area contributed by atoms with Gasteiger partial charge in [-0.1, -0.05) is 86.0 Å². The fourth-order valence-corrected chi connectivity index (χ4v) is 5.15. The first-order chi connectivity index (χ1) is 18.1. The van der Waals surface area contributed by atoms with E-state index in [0.717, 1.165) is 59.7 Å². The van der Waals surface area contributed by atoms with Gasteiger partial charge in [-0.2, -0.15) is 5.10 Å². The number of nitrogens with one attached hydrogen (secondary N) is 1. The lowest BCUT2D eigenvalue weighted by Gasteiger charge is -2.22. The normalized spacial score (nSPS) is 17.9. The van der Waals surface area contributed by atoms with E-state index in [0.29, 0.717) is 6.42 Å². The lowest BCUT2D eigenvalue weighted by Crippen LogP contribution is -2.37. The van der Waals surface area contributed by atoms with Crippen LogP contribution in [0.25, 0.3) is 10.8 Å². The van der Waals surface area contributed by atoms with Crippen molar-refractivity contribution in [3.8, 4) is 0 Å². The van der Waals surface area contributed by atoms with E-state index < -0.39 is 18.5 Å². The molecule has 7 heteroatoms. The number of carbonyl (C=O) groups excluding carboxylic acids is 3. The molecule has 7 nitrogen and oxygen atoms in total. The van der Waals surface area contributed by atoms with Crippen molar-refractivity contribution in [3.63, 3.8) is 0 Å². The van der Waals surface area contributed by atoms with Crippen molar-refractivity contribution in [2.45, 2.75) is 44.6 Å². The molecule has 1 heterocycles. The van der Waals surface area contributed by atoms with Crippen molar-refractivity contribution in [3.05, 3.63) is 83.9 Å². The number of benzene rings is 3. The fraction of sp³-hybridized carbons (Fsp3) is 0.333. The highest BCUT2D eigenvalue weighted by molar-refractivity contribution is 6.05. The van der Waals surface area contributed by atoms with E-state index in [1.54, 1.807) is 0 Å². The van der Waals surface area contributed by atoms with Crippen LogP contribution >= 0.6 is 0 Å². The van der Waals surface area contributed by atoms with E-state index >= 15 is 0 Å². The highest BCUT2D eigenvalue weighted by Crippen LogP contribution is 2.33. The van der Waals surface area contributed by atoms with Crippen LogP contribution < -0.4 is 5.32 Å². The number of rotatable bonds is 7. The first-order valence-electron chi connectivity index (χ1n) is 13.0. The molecular formula is C30H31N3O4. The van der Waals surface area contributed by atoms with Gasteiger partial charge in [-0.3, -0.25) is 14.4 Å². The van der Waals surface area contributed by atoms with Gasteiger partial charge in [-0.15, -0.1) is 0 Å². The molecular weight excluding hydrogens is 466 g/mol. The maximum absolute atomic E-state index is 13.2. The Bertz CT molecular complexity index is 1310. The molecule has 2 aliphatic rings. The maximum atomic E-state index is 13.2. The molecule has 1 atom stereocenters. The maximum Gasteiger partial charge on any atom is 0.325 e. The number of hydrogen-bond donors (Lipinski definition) is 1. The number of nitrogens with zero attached hydrogens (tertiary/aromatic N) is 2. The smallest absolute Gasteiger partial charge is 0.325 e. The quantitative estimate of drug-likeness (QED) is 0.477. The number of hydrazone groups is 1. The van der Waals surface area contributed by atoms with Gasteiger partial charge in [0.2, 0.25) is 5.91 Å². The number of fused-ring (bicyclic) bond motifs is 1. The van der Waals surface area contributed by atoms with Crippen LogP contribution in [0.2, 0.25) is 0 Å². The summed E-state index contributed by atoms with van der Waals surface area (Å²) in [6, 6.07) is 23.7. The summed E-state index contributed by atoms with van der Waals surface area (Å²) in [5.74, 6) is -1.19. The van der Waals surface area contributed by atoms with Gasteiger partial charge < -0.3 is 10.1 Å². The number of hydrogen-bond acceptors (Lipinski definition) is 5. The molecule has 3 aromatic carbocycles. The third-order valence-corrected chi connectivity index (χ3v) is 7.17. The number of carbonyl (C=O) groups is 3. The lowest BCUT2D eigenvalue weighted by molar-refractivity contribution is -0.152. The highest BCUT2D eigenvalue weighted by atomic mass is 16.5. The summed E-state index contributed by atoms with van der Waals surface area (Å²) in [5, 5.41) is 11.0. The van der Waals surface area contributed by atoms with E-state index in [4.69, 9.17) is 4.74 Å². The van der Waals surface area contributed by atoms with Crippen molar-refractivity contribution < 1.29 is 19.1 Å². The molecule has 37 heavy (non-hydrogen) atoms. The zero-order valence-electron chi connectivity index (χ0n) is 20.8. The summed E-state index contributed by atoms with van der Waals surface area (Å²) in [5.41, 5.74) is 2.72. The summed E-state index contributed by atoms with van der Waals surface area (Å²) in [6.45, 7) is -0.674. The second-order valence-electron chi connectivity index (χ2n) is 9.69. The molecule has 0 saturated heterocycles. The van der Waals surface area contributed by atoms with Crippen molar-refractivity contribution in [2.75, 3.05) is 13.2 Å². The standard InChI is InChI=1S/C30H31N3O4/c34-28(20-37-29(35)19-31-30(36)23-12-5-2-6-13-23)33-27(22-10-3-1-4-11-22)18-26(32-33)25-16-15-21-9-7-8-14-24(21)17-25/h1,3-4,7-11,14-17,23,27H,2,5-6,12-13,18-20H2,(H,31,36)/t27-/m0/s1. The molecule has 0 spiro atoms. The van der Waals surface area contributed by atoms with Gasteiger partial charge in [0.05, 0.1) is 11.8 Å². The average Bonchev–Trinajstić information content (AvgIpc) is 3.41. The van der Waals surface area contributed by atoms with Gasteiger partial charge >= 0.3 is 5.97 Å². The Kier molecular flexibility index (Phi) is 7.59. The molecule has 1 aliphatic heterocycles. The Morgan fingerprint density at radius 3 is 2.41 bits per heavy atom. The minimum Gasteiger partial charge on any atom is -0.454 e. The molecule has 1 N–H and O–H groups in total. The van der Waals surface area contributed by atoms with Crippen LogP contribution in [-0.4, -0.2) is 41.7 Å². The Morgan fingerprint density at radius 2 is 1.62 bits per heavy atom. The molecule has 3 aromatic rings. The topological polar surface area (TPSA) is 88.1 Å². The minimum absolute atomic E-state index is 0.0396. The molecule has 5 rings (SSSR count). The predicted molar refractivity (Wildman–Crippen MR) is 142 cm³/mol. The molecule has 1 fully saturated rings. The highest BCUT2D eigenvalue weighted by Gasteiger charge is 2.33. The second kappa shape index (κ2) is 11.4. The van der Waals surface area contributed by atoms with Gasteiger partial charge in [-0.05, 0) is 40.8 Å². The van der Waals surface area contributed by atoms with Crippen LogP contribution in [0.15, 0.2) is 77.9 Å². The minimum atomic E-state index is -0.633. The zero-order chi connectivity index (χ0) is 25.6. The Labute approximate surface area is 216 Å². The van der Waals surface area contributed by atoms with Crippen LogP contribution in [0, 0.1) is 5.92 Å². The van der Waals surface area contributed by atoms with Gasteiger partial charge in [-0.25, -0.2) is 5.01 Å². The van der Waals surface area contributed by atoms with Crippen molar-refractivity contribution in [2.24, 2.45) is 11.0 Å². The van der Waals surface area contributed by atoms with E-state index in [9.17, 15) is 14.4 Å². The van der Waals surface area contributed by atoms with Crippen LogP contribution in [0.3, 0.4) is 0 Å². The first-order valence-corrected chi connectivity index (χ1v) is 13.0. The second-order valence-corrected chi connectivity index (χ2v) is 9.69. The Hall–Kier alpha value is -4.00. The zero-order valence-corrected chi connectivity index (χ0v) is 20.8. The van der Waals surface area contributed by atoms with Crippen LogP contribution in [0.5, 0.6) is 0 Å².